The van der Waals surface area contributed by atoms with Gasteiger partial charge in [0.05, 0.1) is 5.25 Å². The molecule has 1 aromatic heterocycles. The predicted molar refractivity (Wildman–Crippen MR) is 97.4 cm³/mol. The number of hydrogen-bond donors (Lipinski definition) is 0. The first-order chi connectivity index (χ1) is 12.6. The van der Waals surface area contributed by atoms with Crippen LogP contribution in [-0.4, -0.2) is 50.5 Å². The van der Waals surface area contributed by atoms with E-state index < -0.39 is 0 Å². The second kappa shape index (κ2) is 7.19. The van der Waals surface area contributed by atoms with Crippen LogP contribution >= 0.6 is 11.8 Å². The zero-order valence-electron chi connectivity index (χ0n) is 14.9. The van der Waals surface area contributed by atoms with Gasteiger partial charge in [0.2, 0.25) is 5.91 Å². The molecular weight excluding hydrogens is 352 g/mol. The third-order valence-corrected chi connectivity index (χ3v) is 5.83. The lowest BCUT2D eigenvalue weighted by molar-refractivity contribution is -0.129. The van der Waals surface area contributed by atoms with Crippen molar-refractivity contribution in [2.45, 2.75) is 36.3 Å². The molecule has 2 aromatic rings. The number of ether oxygens (including phenoxy) is 2. The van der Waals surface area contributed by atoms with Gasteiger partial charge in [0.1, 0.15) is 6.61 Å². The van der Waals surface area contributed by atoms with Crippen LogP contribution in [0.5, 0.6) is 11.5 Å². The number of carbonyl (C=O) groups excluding carboxylic acids is 1. The number of amides is 1. The van der Waals surface area contributed by atoms with Gasteiger partial charge in [0.25, 0.3) is 0 Å². The number of likely N-dealkylation sites (tertiary alicyclic amines) is 1. The Balaban J connectivity index is 1.46. The van der Waals surface area contributed by atoms with Crippen molar-refractivity contribution in [3.63, 3.8) is 0 Å². The summed E-state index contributed by atoms with van der Waals surface area (Å²) in [4.78, 5) is 14.4. The van der Waals surface area contributed by atoms with Crippen LogP contribution in [0.25, 0.3) is 0 Å². The van der Waals surface area contributed by atoms with E-state index >= 15 is 0 Å². The molecule has 0 saturated carbocycles. The fraction of sp³-hybridized carbons (Fsp3) is 0.500. The van der Waals surface area contributed by atoms with Crippen molar-refractivity contribution < 1.29 is 14.3 Å². The van der Waals surface area contributed by atoms with Gasteiger partial charge in [-0.2, -0.15) is 0 Å². The van der Waals surface area contributed by atoms with Crippen molar-refractivity contribution in [3.05, 3.63) is 30.1 Å². The Morgan fingerprint density at radius 2 is 1.96 bits per heavy atom. The average Bonchev–Trinajstić information content (AvgIpc) is 3.31. The molecule has 26 heavy (non-hydrogen) atoms. The second-order valence-corrected chi connectivity index (χ2v) is 7.86. The lowest BCUT2D eigenvalue weighted by Gasteiger charge is -2.25. The van der Waals surface area contributed by atoms with Crippen LogP contribution in [0.1, 0.15) is 31.7 Å². The zero-order valence-corrected chi connectivity index (χ0v) is 15.7. The van der Waals surface area contributed by atoms with Crippen molar-refractivity contribution in [3.8, 4) is 11.5 Å². The molecule has 7 nitrogen and oxygen atoms in total. The molecule has 0 N–H and O–H groups in total. The maximum atomic E-state index is 12.5. The molecule has 0 aliphatic carbocycles. The molecule has 3 heterocycles. The smallest absolute Gasteiger partial charge is 0.235 e. The first-order valence-corrected chi connectivity index (χ1v) is 9.74. The highest BCUT2D eigenvalue weighted by Crippen LogP contribution is 2.36. The van der Waals surface area contributed by atoms with Crippen molar-refractivity contribution >= 4 is 17.7 Å². The van der Waals surface area contributed by atoms with Gasteiger partial charge in [0.15, 0.2) is 28.6 Å². The van der Waals surface area contributed by atoms with Gasteiger partial charge >= 0.3 is 0 Å². The van der Waals surface area contributed by atoms with Crippen molar-refractivity contribution in [1.29, 1.82) is 0 Å². The topological polar surface area (TPSA) is 69.5 Å². The number of benzene rings is 1. The summed E-state index contributed by atoms with van der Waals surface area (Å²) in [6, 6.07) is 7.59. The van der Waals surface area contributed by atoms with E-state index in [1.54, 1.807) is 0 Å². The quantitative estimate of drug-likeness (QED) is 0.766. The van der Waals surface area contributed by atoms with Crippen LogP contribution in [0, 0.1) is 0 Å². The number of nitrogens with zero attached hydrogens (tertiary/aromatic N) is 4. The maximum Gasteiger partial charge on any atom is 0.235 e. The van der Waals surface area contributed by atoms with Crippen molar-refractivity contribution in [2.24, 2.45) is 7.05 Å². The highest BCUT2D eigenvalue weighted by molar-refractivity contribution is 8.00. The number of aromatic nitrogens is 3. The average molecular weight is 374 g/mol. The van der Waals surface area contributed by atoms with E-state index in [0.717, 1.165) is 31.7 Å². The third kappa shape index (κ3) is 3.25. The highest BCUT2D eigenvalue weighted by atomic mass is 32.2. The Morgan fingerprint density at radius 1 is 1.23 bits per heavy atom. The highest BCUT2D eigenvalue weighted by Gasteiger charge is 2.29. The van der Waals surface area contributed by atoms with E-state index in [2.05, 4.69) is 10.2 Å². The van der Waals surface area contributed by atoms with E-state index in [0.29, 0.717) is 23.3 Å². The summed E-state index contributed by atoms with van der Waals surface area (Å²) in [6.45, 7) is 4.03. The Morgan fingerprint density at radius 3 is 2.73 bits per heavy atom. The molecule has 8 heteroatoms. The number of fused-ring (bicyclic) bond motifs is 1. The number of carbonyl (C=O) groups is 1. The Bertz CT molecular complexity index is 803. The molecule has 0 bridgehead atoms. The summed E-state index contributed by atoms with van der Waals surface area (Å²) in [5.74, 6) is 2.31. The number of hydrogen-bond acceptors (Lipinski definition) is 6. The molecule has 2 aliphatic heterocycles. The summed E-state index contributed by atoms with van der Waals surface area (Å²) in [7, 11) is 1.90. The van der Waals surface area contributed by atoms with Gasteiger partial charge in [-0.05, 0) is 31.9 Å². The molecule has 2 unspecified atom stereocenters. The molecule has 4 rings (SSSR count). The van der Waals surface area contributed by atoms with Crippen LogP contribution in [0.3, 0.4) is 0 Å². The second-order valence-electron chi connectivity index (χ2n) is 6.56. The first-order valence-electron chi connectivity index (χ1n) is 8.86. The summed E-state index contributed by atoms with van der Waals surface area (Å²) in [6.07, 6.45) is 1.87. The molecular formula is C18H22N4O3S. The third-order valence-electron chi connectivity index (χ3n) is 4.71. The van der Waals surface area contributed by atoms with E-state index in [4.69, 9.17) is 9.47 Å². The Hall–Kier alpha value is -2.22. The molecule has 1 amide bonds. The van der Waals surface area contributed by atoms with E-state index in [-0.39, 0.29) is 17.3 Å². The van der Waals surface area contributed by atoms with Crippen LogP contribution in [-0.2, 0) is 11.8 Å². The summed E-state index contributed by atoms with van der Waals surface area (Å²) in [5, 5.41) is 9.07. The van der Waals surface area contributed by atoms with Crippen molar-refractivity contribution in [1.82, 2.24) is 19.7 Å². The summed E-state index contributed by atoms with van der Waals surface area (Å²) in [5.41, 5.74) is 0. The van der Waals surface area contributed by atoms with Crippen LogP contribution in [0.4, 0.5) is 0 Å². The molecule has 2 atom stereocenters. The normalized spacial score (nSPS) is 20.2. The van der Waals surface area contributed by atoms with Gasteiger partial charge in [-0.15, -0.1) is 10.2 Å². The lowest BCUT2D eigenvalue weighted by atomic mass is 10.2. The number of para-hydroxylation sites is 2. The molecule has 1 fully saturated rings. The SMILES string of the molecule is CC(Sc1nnc(C2COc3ccccc3O2)n1C)C(=O)N1CCCC1. The van der Waals surface area contributed by atoms with E-state index in [9.17, 15) is 4.79 Å². The standard InChI is InChI=1S/C18H22N4O3S/c1-12(17(23)22-9-5-6-10-22)26-18-20-19-16(21(18)2)15-11-24-13-7-3-4-8-14(13)25-15/h3-4,7-8,12,15H,5-6,9-11H2,1-2H3. The monoisotopic (exact) mass is 374 g/mol. The van der Waals surface area contributed by atoms with Crippen LogP contribution in [0.2, 0.25) is 0 Å². The number of thioether (sulfide) groups is 1. The Labute approximate surface area is 156 Å². The first kappa shape index (κ1) is 17.2. The molecule has 1 saturated heterocycles. The molecule has 1 aromatic carbocycles. The molecule has 0 spiro atoms. The minimum absolute atomic E-state index is 0.170. The molecule has 0 radical (unpaired) electrons. The van der Waals surface area contributed by atoms with Crippen molar-refractivity contribution in [2.75, 3.05) is 19.7 Å². The van der Waals surface area contributed by atoms with E-state index in [1.807, 2.05) is 47.7 Å². The fourth-order valence-electron chi connectivity index (χ4n) is 3.26. The molecule has 138 valence electrons. The largest absolute Gasteiger partial charge is 0.485 e. The summed E-state index contributed by atoms with van der Waals surface area (Å²) >= 11 is 1.44. The Kier molecular flexibility index (Phi) is 4.76. The van der Waals surface area contributed by atoms with Gasteiger partial charge in [0, 0.05) is 20.1 Å². The van der Waals surface area contributed by atoms with Gasteiger partial charge in [-0.1, -0.05) is 23.9 Å². The molecule has 2 aliphatic rings. The van der Waals surface area contributed by atoms with Gasteiger partial charge in [-0.25, -0.2) is 0 Å². The minimum Gasteiger partial charge on any atom is -0.485 e. The van der Waals surface area contributed by atoms with Gasteiger partial charge in [-0.3, -0.25) is 4.79 Å². The summed E-state index contributed by atoms with van der Waals surface area (Å²) < 4.78 is 13.7. The van der Waals surface area contributed by atoms with Gasteiger partial charge < -0.3 is 18.9 Å². The lowest BCUT2D eigenvalue weighted by Crippen LogP contribution is -2.34. The maximum absolute atomic E-state index is 12.5. The number of rotatable bonds is 4. The minimum atomic E-state index is -0.318. The van der Waals surface area contributed by atoms with E-state index in [1.165, 1.54) is 11.8 Å². The fourth-order valence-corrected chi connectivity index (χ4v) is 4.16. The van der Waals surface area contributed by atoms with Crippen LogP contribution in [0.15, 0.2) is 29.4 Å². The zero-order chi connectivity index (χ0) is 18.1. The van der Waals surface area contributed by atoms with Crippen LogP contribution < -0.4 is 9.47 Å². The predicted octanol–water partition coefficient (Wildman–Crippen LogP) is 2.43.